The van der Waals surface area contributed by atoms with E-state index < -0.39 is 16.6 Å². The third kappa shape index (κ3) is 1.51. The highest BCUT2D eigenvalue weighted by Gasteiger charge is 2.30. The van der Waals surface area contributed by atoms with E-state index in [0.717, 1.165) is 0 Å². The minimum Gasteiger partial charge on any atom is -0.387 e. The van der Waals surface area contributed by atoms with Gasteiger partial charge in [-0.3, -0.25) is 10.1 Å². The second-order valence-corrected chi connectivity index (χ2v) is 3.00. The SMILES string of the molecule is CC1(N)C=C([N+](=O)[O-])C=CC1O. The first kappa shape index (κ1) is 8.89. The number of nitrogens with two attached hydrogens (primary N) is 1. The first-order chi connectivity index (χ1) is 5.43. The molecule has 1 rings (SSSR count). The van der Waals surface area contributed by atoms with Crippen LogP contribution < -0.4 is 5.73 Å². The molecule has 1 aliphatic carbocycles. The van der Waals surface area contributed by atoms with Crippen LogP contribution in [0.25, 0.3) is 0 Å². The van der Waals surface area contributed by atoms with Crippen LogP contribution >= 0.6 is 0 Å². The van der Waals surface area contributed by atoms with Gasteiger partial charge in [0.05, 0.1) is 16.6 Å². The number of nitrogens with zero attached hydrogens (tertiary/aromatic N) is 1. The first-order valence-electron chi connectivity index (χ1n) is 3.46. The number of hydrogen-bond acceptors (Lipinski definition) is 4. The molecule has 5 nitrogen and oxygen atoms in total. The lowest BCUT2D eigenvalue weighted by molar-refractivity contribution is -0.420. The maximum atomic E-state index is 10.3. The van der Waals surface area contributed by atoms with Crippen LogP contribution in [-0.2, 0) is 0 Å². The van der Waals surface area contributed by atoms with Crippen molar-refractivity contribution >= 4 is 0 Å². The summed E-state index contributed by atoms with van der Waals surface area (Å²) in [5.41, 5.74) is 4.44. The van der Waals surface area contributed by atoms with Gasteiger partial charge in [-0.2, -0.15) is 0 Å². The Kier molecular flexibility index (Phi) is 1.99. The molecule has 0 saturated carbocycles. The van der Waals surface area contributed by atoms with Gasteiger partial charge in [0.25, 0.3) is 5.70 Å². The zero-order chi connectivity index (χ0) is 9.35. The quantitative estimate of drug-likeness (QED) is 0.421. The lowest BCUT2D eigenvalue weighted by Gasteiger charge is -2.26. The Labute approximate surface area is 69.3 Å². The molecule has 0 bridgehead atoms. The Bertz CT molecular complexity index is 268. The summed E-state index contributed by atoms with van der Waals surface area (Å²) in [6.07, 6.45) is 2.95. The van der Waals surface area contributed by atoms with Crippen molar-refractivity contribution in [3.8, 4) is 0 Å². The molecule has 2 unspecified atom stereocenters. The summed E-state index contributed by atoms with van der Waals surface area (Å²) < 4.78 is 0. The molecule has 12 heavy (non-hydrogen) atoms. The number of hydrogen-bond donors (Lipinski definition) is 2. The first-order valence-corrected chi connectivity index (χ1v) is 3.46. The Morgan fingerprint density at radius 2 is 2.42 bits per heavy atom. The normalized spacial score (nSPS) is 34.6. The zero-order valence-corrected chi connectivity index (χ0v) is 6.60. The predicted octanol–water partition coefficient (Wildman–Crippen LogP) is -0.205. The summed E-state index contributed by atoms with van der Waals surface area (Å²) in [6.45, 7) is 1.53. The third-order valence-corrected chi connectivity index (χ3v) is 1.76. The minimum absolute atomic E-state index is 0.0784. The lowest BCUT2D eigenvalue weighted by atomic mass is 9.91. The molecule has 0 aromatic rings. The van der Waals surface area contributed by atoms with Gasteiger partial charge in [0, 0.05) is 12.2 Å². The molecule has 0 heterocycles. The Balaban J connectivity index is 2.97. The fourth-order valence-corrected chi connectivity index (χ4v) is 0.963. The summed E-state index contributed by atoms with van der Waals surface area (Å²) in [5, 5.41) is 19.6. The number of allylic oxidation sites excluding steroid dienone is 1. The van der Waals surface area contributed by atoms with E-state index in [1.807, 2.05) is 0 Å². The van der Waals surface area contributed by atoms with E-state index in [-0.39, 0.29) is 5.70 Å². The number of rotatable bonds is 1. The van der Waals surface area contributed by atoms with Gasteiger partial charge in [-0.15, -0.1) is 0 Å². The standard InChI is InChI=1S/C7H10N2O3/c1-7(8)4-5(9(11)12)2-3-6(7)10/h2-4,6,10H,8H2,1H3. The molecule has 0 saturated heterocycles. The number of aliphatic hydroxyl groups excluding tert-OH is 1. The summed E-state index contributed by atoms with van der Waals surface area (Å²) in [5.74, 6) is 0. The second-order valence-electron chi connectivity index (χ2n) is 3.00. The van der Waals surface area contributed by atoms with Crippen molar-refractivity contribution in [2.45, 2.75) is 18.6 Å². The highest BCUT2D eigenvalue weighted by molar-refractivity contribution is 5.27. The molecule has 0 radical (unpaired) electrons. The summed E-state index contributed by atoms with van der Waals surface area (Å²) in [6, 6.07) is 0. The van der Waals surface area contributed by atoms with Crippen LogP contribution in [0.1, 0.15) is 6.92 Å². The lowest BCUT2D eigenvalue weighted by Crippen LogP contribution is -2.47. The van der Waals surface area contributed by atoms with Gasteiger partial charge in [0.15, 0.2) is 0 Å². The maximum Gasteiger partial charge on any atom is 0.267 e. The zero-order valence-electron chi connectivity index (χ0n) is 6.60. The fourth-order valence-electron chi connectivity index (χ4n) is 0.963. The van der Waals surface area contributed by atoms with Crippen molar-refractivity contribution in [2.75, 3.05) is 0 Å². The van der Waals surface area contributed by atoms with Crippen molar-refractivity contribution < 1.29 is 10.0 Å². The monoisotopic (exact) mass is 170 g/mol. The fraction of sp³-hybridized carbons (Fsp3) is 0.429. The van der Waals surface area contributed by atoms with Crippen molar-refractivity contribution in [1.82, 2.24) is 0 Å². The predicted molar refractivity (Wildman–Crippen MR) is 42.8 cm³/mol. The number of aliphatic hydroxyl groups is 1. The average Bonchev–Trinajstić information content (AvgIpc) is 1.94. The molecule has 66 valence electrons. The molecule has 0 aromatic heterocycles. The number of nitro groups is 1. The smallest absolute Gasteiger partial charge is 0.267 e. The second kappa shape index (κ2) is 2.69. The summed E-state index contributed by atoms with van der Waals surface area (Å²) in [7, 11) is 0. The molecule has 3 N–H and O–H groups in total. The molecule has 1 aliphatic rings. The van der Waals surface area contributed by atoms with E-state index in [1.165, 1.54) is 25.2 Å². The van der Waals surface area contributed by atoms with Gasteiger partial charge >= 0.3 is 0 Å². The third-order valence-electron chi connectivity index (χ3n) is 1.76. The van der Waals surface area contributed by atoms with Crippen LogP contribution in [0.5, 0.6) is 0 Å². The van der Waals surface area contributed by atoms with Crippen molar-refractivity contribution in [3.63, 3.8) is 0 Å². The van der Waals surface area contributed by atoms with E-state index >= 15 is 0 Å². The van der Waals surface area contributed by atoms with Crippen LogP contribution in [0.2, 0.25) is 0 Å². The van der Waals surface area contributed by atoms with Crippen molar-refractivity contribution in [1.29, 1.82) is 0 Å². The molecule has 2 atom stereocenters. The van der Waals surface area contributed by atoms with Crippen molar-refractivity contribution in [3.05, 3.63) is 34.0 Å². The topological polar surface area (TPSA) is 89.4 Å². The molecule has 0 aliphatic heterocycles. The minimum atomic E-state index is -1.04. The van der Waals surface area contributed by atoms with E-state index in [2.05, 4.69) is 0 Å². The van der Waals surface area contributed by atoms with Gasteiger partial charge in [-0.1, -0.05) is 0 Å². The van der Waals surface area contributed by atoms with E-state index in [1.54, 1.807) is 0 Å². The Morgan fingerprint density at radius 3 is 2.83 bits per heavy atom. The van der Waals surface area contributed by atoms with Gasteiger partial charge in [-0.05, 0) is 13.0 Å². The van der Waals surface area contributed by atoms with Gasteiger partial charge in [-0.25, -0.2) is 0 Å². The van der Waals surface area contributed by atoms with Crippen molar-refractivity contribution in [2.24, 2.45) is 5.73 Å². The van der Waals surface area contributed by atoms with Gasteiger partial charge in [0.1, 0.15) is 0 Å². The van der Waals surface area contributed by atoms with Crippen LogP contribution in [0, 0.1) is 10.1 Å². The highest BCUT2D eigenvalue weighted by atomic mass is 16.6. The maximum absolute atomic E-state index is 10.3. The molecule has 0 fully saturated rings. The molecular weight excluding hydrogens is 160 g/mol. The van der Waals surface area contributed by atoms with Gasteiger partial charge in [0.2, 0.25) is 0 Å². The Hall–Kier alpha value is -1.20. The van der Waals surface area contributed by atoms with E-state index in [9.17, 15) is 15.2 Å². The molecule has 0 amide bonds. The van der Waals surface area contributed by atoms with Crippen LogP contribution in [0.3, 0.4) is 0 Å². The highest BCUT2D eigenvalue weighted by Crippen LogP contribution is 2.18. The average molecular weight is 170 g/mol. The van der Waals surface area contributed by atoms with E-state index in [0.29, 0.717) is 0 Å². The molecular formula is C7H10N2O3. The summed E-state index contributed by atoms with van der Waals surface area (Å²) in [4.78, 5) is 9.76. The summed E-state index contributed by atoms with van der Waals surface area (Å²) >= 11 is 0. The van der Waals surface area contributed by atoms with Crippen LogP contribution in [-0.4, -0.2) is 21.7 Å². The van der Waals surface area contributed by atoms with Crippen LogP contribution in [0.15, 0.2) is 23.9 Å². The van der Waals surface area contributed by atoms with Gasteiger partial charge < -0.3 is 10.8 Å². The molecule has 5 heteroatoms. The molecule has 0 spiro atoms. The Morgan fingerprint density at radius 1 is 1.83 bits per heavy atom. The molecule has 0 aromatic carbocycles. The van der Waals surface area contributed by atoms with E-state index in [4.69, 9.17) is 5.73 Å². The van der Waals surface area contributed by atoms with Crippen LogP contribution in [0.4, 0.5) is 0 Å². The largest absolute Gasteiger partial charge is 0.387 e.